The van der Waals surface area contributed by atoms with E-state index in [4.69, 9.17) is 4.74 Å². The molecule has 0 bridgehead atoms. The van der Waals surface area contributed by atoms with Crippen LogP contribution in [-0.2, 0) is 6.54 Å². The topological polar surface area (TPSA) is 57.2 Å². The van der Waals surface area contributed by atoms with Crippen LogP contribution in [-0.4, -0.2) is 24.4 Å². The molecule has 25 heavy (non-hydrogen) atoms. The van der Waals surface area contributed by atoms with Gasteiger partial charge in [0.05, 0.1) is 5.56 Å². The van der Waals surface area contributed by atoms with Crippen LogP contribution in [0.5, 0.6) is 11.5 Å². The summed E-state index contributed by atoms with van der Waals surface area (Å²) in [4.78, 5) is 13.4. The summed E-state index contributed by atoms with van der Waals surface area (Å²) in [7, 11) is 2.10. The Morgan fingerprint density at radius 3 is 2.44 bits per heavy atom. The number of benzene rings is 2. The van der Waals surface area contributed by atoms with Gasteiger partial charge in [-0.2, -0.15) is 0 Å². The van der Waals surface area contributed by atoms with E-state index >= 15 is 0 Å². The van der Waals surface area contributed by atoms with Crippen molar-refractivity contribution in [2.24, 2.45) is 5.92 Å². The number of halogens is 1. The van der Waals surface area contributed by atoms with Crippen molar-refractivity contribution >= 4 is 5.91 Å². The van der Waals surface area contributed by atoms with E-state index in [1.807, 2.05) is 24.3 Å². The average Bonchev–Trinajstić information content (AvgIpc) is 2.56. The molecule has 3 N–H and O–H groups in total. The van der Waals surface area contributed by atoms with Crippen molar-refractivity contribution < 1.29 is 19.7 Å². The lowest BCUT2D eigenvalue weighted by molar-refractivity contribution is -0.255. The molecule has 0 fully saturated rings. The second-order valence-corrected chi connectivity index (χ2v) is 6.73. The Balaban J connectivity index is 1.97. The molecule has 0 spiro atoms. The first-order chi connectivity index (χ1) is 11.8. The number of rotatable bonds is 8. The van der Waals surface area contributed by atoms with E-state index in [1.54, 1.807) is 0 Å². The van der Waals surface area contributed by atoms with E-state index in [0.717, 1.165) is 19.2 Å². The van der Waals surface area contributed by atoms with Crippen LogP contribution >= 0.6 is 0 Å². The van der Waals surface area contributed by atoms with Crippen molar-refractivity contribution in [2.45, 2.75) is 26.8 Å². The normalized spacial score (nSPS) is 11.2. The fourth-order valence-electron chi connectivity index (χ4n) is 2.42. The lowest BCUT2D eigenvalue weighted by atomic mass is 10.1. The molecule has 1 amide bonds. The number of amides is 1. The van der Waals surface area contributed by atoms with E-state index in [2.05, 4.69) is 31.5 Å². The maximum absolute atomic E-state index is 14.0. The van der Waals surface area contributed by atoms with Crippen LogP contribution in [0, 0.1) is 11.7 Å². The number of carbonyl (C=O) groups is 1. The van der Waals surface area contributed by atoms with Gasteiger partial charge in [0.25, 0.3) is 0 Å². The number of nitrogens with zero attached hydrogens (tertiary/aromatic N) is 1. The lowest BCUT2D eigenvalue weighted by Crippen LogP contribution is -2.56. The van der Waals surface area contributed by atoms with Gasteiger partial charge in [-0.05, 0) is 61.8 Å². The number of ether oxygens (including phenoxy) is 1. The van der Waals surface area contributed by atoms with Crippen molar-refractivity contribution in [3.63, 3.8) is 0 Å². The number of hydrogen-bond acceptors (Lipinski definition) is 3. The maximum Gasteiger partial charge on any atom is 0.341 e. The second-order valence-electron chi connectivity index (χ2n) is 6.73. The molecule has 134 valence electrons. The zero-order chi connectivity index (χ0) is 18.4. The zero-order valence-electron chi connectivity index (χ0n) is 15.1. The minimum Gasteiger partial charge on any atom is -0.454 e. The largest absolute Gasteiger partial charge is 0.454 e. The highest BCUT2D eigenvalue weighted by Crippen LogP contribution is 2.25. The van der Waals surface area contributed by atoms with Gasteiger partial charge >= 0.3 is 5.91 Å². The van der Waals surface area contributed by atoms with Crippen LogP contribution < -0.4 is 10.5 Å². The predicted molar refractivity (Wildman–Crippen MR) is 95.9 cm³/mol. The maximum atomic E-state index is 14.0. The van der Waals surface area contributed by atoms with E-state index in [9.17, 15) is 9.18 Å². The summed E-state index contributed by atoms with van der Waals surface area (Å²) < 4.78 is 19.5. The first-order valence-electron chi connectivity index (χ1n) is 8.46. The van der Waals surface area contributed by atoms with Gasteiger partial charge in [-0.15, -0.1) is 0 Å². The molecule has 0 heterocycles. The van der Waals surface area contributed by atoms with Crippen molar-refractivity contribution in [3.8, 4) is 11.5 Å². The van der Waals surface area contributed by atoms with E-state index in [1.165, 1.54) is 24.1 Å². The summed E-state index contributed by atoms with van der Waals surface area (Å²) in [6.07, 6.45) is 1.17. The van der Waals surface area contributed by atoms with Gasteiger partial charge in [-0.1, -0.05) is 26.0 Å². The van der Waals surface area contributed by atoms with E-state index < -0.39 is 11.7 Å². The van der Waals surface area contributed by atoms with Crippen LogP contribution in [0.25, 0.3) is 0 Å². The molecule has 0 saturated carbocycles. The molecular formula is C20H26FN2O2+. The number of carbonyl (C=O) groups excluding carboxylic acids is 1. The molecule has 0 saturated heterocycles. The molecule has 0 aliphatic rings. The van der Waals surface area contributed by atoms with Gasteiger partial charge < -0.3 is 9.64 Å². The summed E-state index contributed by atoms with van der Waals surface area (Å²) in [6.45, 7) is 6.36. The Kier molecular flexibility index (Phi) is 6.67. The Morgan fingerprint density at radius 1 is 1.20 bits per heavy atom. The van der Waals surface area contributed by atoms with E-state index in [0.29, 0.717) is 11.7 Å². The summed E-state index contributed by atoms with van der Waals surface area (Å²) >= 11 is 0. The molecule has 5 heteroatoms. The van der Waals surface area contributed by atoms with Crippen LogP contribution in [0.4, 0.5) is 4.39 Å². The first kappa shape index (κ1) is 19.1. The molecule has 0 unspecified atom stereocenters. The molecule has 0 aromatic heterocycles. The molecule has 0 aliphatic carbocycles. The zero-order valence-corrected chi connectivity index (χ0v) is 15.1. The van der Waals surface area contributed by atoms with Gasteiger partial charge in [0.2, 0.25) is 0 Å². The summed E-state index contributed by atoms with van der Waals surface area (Å²) in [5.41, 5.74) is 4.67. The number of quaternary nitrogens is 1. The third-order valence-corrected chi connectivity index (χ3v) is 3.95. The van der Waals surface area contributed by atoms with Crippen LogP contribution in [0.3, 0.4) is 0 Å². The van der Waals surface area contributed by atoms with Gasteiger partial charge in [0.15, 0.2) is 11.6 Å². The fraction of sp³-hybridized carbons (Fsp3) is 0.350. The molecule has 2 aromatic carbocycles. The Morgan fingerprint density at radius 2 is 1.88 bits per heavy atom. The minimum absolute atomic E-state index is 0.0896. The third kappa shape index (κ3) is 5.96. The second kappa shape index (κ2) is 8.74. The Hall–Kier alpha value is -2.24. The average molecular weight is 345 g/mol. The van der Waals surface area contributed by atoms with Gasteiger partial charge in [0.1, 0.15) is 5.75 Å². The molecule has 4 nitrogen and oxygen atoms in total. The van der Waals surface area contributed by atoms with Crippen LogP contribution in [0.1, 0.15) is 36.2 Å². The quantitative estimate of drug-likeness (QED) is 0.797. The molecule has 0 atom stereocenters. The smallest absolute Gasteiger partial charge is 0.341 e. The fourth-order valence-corrected chi connectivity index (χ4v) is 2.42. The van der Waals surface area contributed by atoms with Crippen molar-refractivity contribution in [2.75, 3.05) is 13.6 Å². The first-order valence-corrected chi connectivity index (χ1v) is 8.46. The predicted octanol–water partition coefficient (Wildman–Crippen LogP) is 3.48. The summed E-state index contributed by atoms with van der Waals surface area (Å²) in [5, 5.41) is 0. The highest BCUT2D eigenvalue weighted by atomic mass is 19.1. The molecule has 2 rings (SSSR count). The summed E-state index contributed by atoms with van der Waals surface area (Å²) in [6, 6.07) is 11.7. The van der Waals surface area contributed by atoms with E-state index in [-0.39, 0.29) is 11.3 Å². The molecule has 0 radical (unpaired) electrons. The van der Waals surface area contributed by atoms with Crippen molar-refractivity contribution in [3.05, 3.63) is 59.4 Å². The standard InChI is InChI=1S/C20H25FN2O2/c1-14(2)10-11-23(3)13-15-4-7-17(8-5-15)25-19-9-6-16(20(22)24)12-18(19)21/h4-9,12,14H,10-11,13H2,1-3H3,(H2,22,24)/p+1. The molecular weight excluding hydrogens is 319 g/mol. The summed E-state index contributed by atoms with van der Waals surface area (Å²) in [5.74, 6) is 0.342. The molecule has 0 aliphatic heterocycles. The van der Waals surface area contributed by atoms with Gasteiger partial charge in [-0.3, -0.25) is 5.73 Å². The van der Waals surface area contributed by atoms with Crippen molar-refractivity contribution in [1.29, 1.82) is 0 Å². The molecule has 2 aromatic rings. The lowest BCUT2D eigenvalue weighted by Gasteiger charge is -2.18. The highest BCUT2D eigenvalue weighted by Gasteiger charge is 2.11. The van der Waals surface area contributed by atoms with Gasteiger partial charge in [-0.25, -0.2) is 9.18 Å². The third-order valence-electron chi connectivity index (χ3n) is 3.95. The highest BCUT2D eigenvalue weighted by molar-refractivity contribution is 5.85. The SMILES string of the molecule is CC(C)CCN(C)Cc1ccc(Oc2ccc(C([NH3+])=O)cc2F)cc1. The van der Waals surface area contributed by atoms with Gasteiger partial charge in [0, 0.05) is 6.54 Å². The van der Waals surface area contributed by atoms with Crippen LogP contribution in [0.15, 0.2) is 42.5 Å². The monoisotopic (exact) mass is 345 g/mol. The minimum atomic E-state index is -0.577. The Labute approximate surface area is 148 Å². The van der Waals surface area contributed by atoms with Crippen molar-refractivity contribution in [1.82, 2.24) is 4.90 Å². The van der Waals surface area contributed by atoms with Crippen LogP contribution in [0.2, 0.25) is 0 Å². The number of hydrogen-bond donors (Lipinski definition) is 1. The Bertz CT molecular complexity index is 714.